The van der Waals surface area contributed by atoms with Crippen LogP contribution in [0.3, 0.4) is 0 Å². The average Bonchev–Trinajstić information content (AvgIpc) is 2.90. The van der Waals surface area contributed by atoms with Crippen LogP contribution in [0.1, 0.15) is 112 Å². The molecule has 0 saturated heterocycles. The van der Waals surface area contributed by atoms with Crippen LogP contribution in [0.15, 0.2) is 42.0 Å². The van der Waals surface area contributed by atoms with Crippen LogP contribution in [-0.2, 0) is 20.9 Å². The second kappa shape index (κ2) is 9.28. The van der Waals surface area contributed by atoms with Crippen LogP contribution in [0.5, 0.6) is 0 Å². The molecule has 4 fully saturated rings. The van der Waals surface area contributed by atoms with Crippen molar-refractivity contribution in [2.45, 2.75) is 119 Å². The summed E-state index contributed by atoms with van der Waals surface area (Å²) in [5.74, 6) is 0.222. The van der Waals surface area contributed by atoms with Gasteiger partial charge in [-0.2, -0.15) is 0 Å². The van der Waals surface area contributed by atoms with Gasteiger partial charge in [0.05, 0.1) is 18.1 Å². The largest absolute Gasteiger partial charge is 0.481 e. The van der Waals surface area contributed by atoms with Gasteiger partial charge in [-0.05, 0) is 115 Å². The molecular weight excluding hydrogens is 508 g/mol. The van der Waals surface area contributed by atoms with E-state index in [1.54, 1.807) is 0 Å². The van der Waals surface area contributed by atoms with Gasteiger partial charge in [-0.25, -0.2) is 0 Å². The summed E-state index contributed by atoms with van der Waals surface area (Å²) in [6.45, 7) is 17.1. The van der Waals surface area contributed by atoms with E-state index in [9.17, 15) is 14.7 Å². The van der Waals surface area contributed by atoms with Crippen LogP contribution < -0.4 is 0 Å². The Labute approximate surface area is 247 Å². The highest BCUT2D eigenvalue weighted by Gasteiger charge is 2.70. The molecule has 1 unspecified atom stereocenters. The quantitative estimate of drug-likeness (QED) is 0.400. The number of rotatable bonds is 4. The van der Waals surface area contributed by atoms with Crippen LogP contribution >= 0.6 is 0 Å². The molecule has 4 heteroatoms. The number of aliphatic carboxylic acids is 1. The number of carbonyl (C=O) groups excluding carboxylic acids is 1. The fourth-order valence-corrected chi connectivity index (χ4v) is 11.4. The van der Waals surface area contributed by atoms with Crippen molar-refractivity contribution in [2.24, 2.45) is 50.2 Å². The molecule has 1 aromatic rings. The van der Waals surface area contributed by atoms with Crippen LogP contribution in [0.25, 0.3) is 0 Å². The Kier molecular flexibility index (Phi) is 6.60. The maximum Gasteiger partial charge on any atom is 0.309 e. The Morgan fingerprint density at radius 1 is 0.902 bits per heavy atom. The Balaban J connectivity index is 1.34. The van der Waals surface area contributed by atoms with E-state index < -0.39 is 11.4 Å². The van der Waals surface area contributed by atoms with Gasteiger partial charge in [0.2, 0.25) is 0 Å². The van der Waals surface area contributed by atoms with Crippen molar-refractivity contribution in [3.63, 3.8) is 0 Å². The normalized spacial score (nSPS) is 46.8. The first kappa shape index (κ1) is 29.1. The number of fused-ring (bicyclic) bond motifs is 7. The van der Waals surface area contributed by atoms with Crippen LogP contribution in [0, 0.1) is 50.2 Å². The molecule has 41 heavy (non-hydrogen) atoms. The molecule has 1 N–H and O–H groups in total. The zero-order valence-corrected chi connectivity index (χ0v) is 26.5. The predicted molar refractivity (Wildman–Crippen MR) is 162 cm³/mol. The van der Waals surface area contributed by atoms with Gasteiger partial charge in [-0.1, -0.05) is 77.4 Å². The van der Waals surface area contributed by atoms with Crippen molar-refractivity contribution in [3.05, 3.63) is 47.5 Å². The highest BCUT2D eigenvalue weighted by molar-refractivity contribution is 5.95. The summed E-state index contributed by atoms with van der Waals surface area (Å²) in [4.78, 5) is 26.9. The molecule has 9 atom stereocenters. The maximum absolute atomic E-state index is 14.5. The molecule has 224 valence electrons. The lowest BCUT2D eigenvalue weighted by molar-refractivity contribution is -0.211. The second-order valence-electron chi connectivity index (χ2n) is 16.7. The lowest BCUT2D eigenvalue weighted by Crippen LogP contribution is -2.66. The van der Waals surface area contributed by atoms with Gasteiger partial charge < -0.3 is 9.84 Å². The van der Waals surface area contributed by atoms with E-state index in [2.05, 4.69) is 71.9 Å². The van der Waals surface area contributed by atoms with Crippen LogP contribution in [-0.4, -0.2) is 23.0 Å². The molecular formula is C37H52O4. The van der Waals surface area contributed by atoms with E-state index >= 15 is 0 Å². The molecule has 0 aromatic heterocycles. The van der Waals surface area contributed by atoms with E-state index in [-0.39, 0.29) is 45.0 Å². The lowest BCUT2D eigenvalue weighted by Gasteiger charge is -2.70. The van der Waals surface area contributed by atoms with Crippen molar-refractivity contribution >= 4 is 11.8 Å². The summed E-state index contributed by atoms with van der Waals surface area (Å²) in [5, 5.41) is 10.2. The molecule has 0 spiro atoms. The fourth-order valence-electron chi connectivity index (χ4n) is 11.4. The van der Waals surface area contributed by atoms with Crippen molar-refractivity contribution < 1.29 is 19.4 Å². The number of benzene rings is 1. The van der Waals surface area contributed by atoms with Crippen LogP contribution in [0.4, 0.5) is 0 Å². The summed E-state index contributed by atoms with van der Waals surface area (Å²) in [5.41, 5.74) is 1.59. The number of carboxylic acid groups (broad SMARTS) is 1. The van der Waals surface area contributed by atoms with Gasteiger partial charge in [0.15, 0.2) is 5.78 Å². The molecule has 0 amide bonds. The molecule has 0 aliphatic heterocycles. The Morgan fingerprint density at radius 3 is 2.27 bits per heavy atom. The minimum atomic E-state index is -0.712. The van der Waals surface area contributed by atoms with E-state index in [4.69, 9.17) is 4.74 Å². The topological polar surface area (TPSA) is 63.6 Å². The predicted octanol–water partition coefficient (Wildman–Crippen LogP) is 8.64. The molecule has 1 aromatic carbocycles. The molecule has 4 saturated carbocycles. The van der Waals surface area contributed by atoms with Crippen molar-refractivity contribution in [1.29, 1.82) is 0 Å². The van der Waals surface area contributed by atoms with Gasteiger partial charge in [0.1, 0.15) is 0 Å². The van der Waals surface area contributed by atoms with Gasteiger partial charge in [-0.3, -0.25) is 9.59 Å². The summed E-state index contributed by atoms with van der Waals surface area (Å²) in [6.07, 6.45) is 11.0. The van der Waals surface area contributed by atoms with Crippen molar-refractivity contribution in [2.75, 3.05) is 0 Å². The van der Waals surface area contributed by atoms with E-state index in [0.717, 1.165) is 51.4 Å². The number of carbonyl (C=O) groups is 2. The van der Waals surface area contributed by atoms with E-state index in [1.807, 2.05) is 13.0 Å². The smallest absolute Gasteiger partial charge is 0.309 e. The highest BCUT2D eigenvalue weighted by Crippen LogP contribution is 2.75. The van der Waals surface area contributed by atoms with Crippen LogP contribution in [0.2, 0.25) is 0 Å². The Bertz CT molecular complexity index is 1260. The van der Waals surface area contributed by atoms with E-state index in [1.165, 1.54) is 11.1 Å². The lowest BCUT2D eigenvalue weighted by atomic mass is 9.33. The second-order valence-corrected chi connectivity index (χ2v) is 16.7. The fraction of sp³-hybridized carbons (Fsp3) is 0.730. The summed E-state index contributed by atoms with van der Waals surface area (Å²) in [6, 6.07) is 10.5. The summed E-state index contributed by atoms with van der Waals surface area (Å²) < 4.78 is 6.64. The minimum absolute atomic E-state index is 0.00403. The zero-order chi connectivity index (χ0) is 29.6. The summed E-state index contributed by atoms with van der Waals surface area (Å²) in [7, 11) is 0. The SMILES string of the molecule is CC1(C)C2CC[C@]3(C)[C@H](C(=O)C=C4[C@@H]5C[C@@](C)(C(=O)O)CC[C@]5(C)CC[C@]43C)[C@@]2(C)CC[C@@H]1OCc1ccccc1. The first-order valence-electron chi connectivity index (χ1n) is 16.3. The molecule has 0 radical (unpaired) electrons. The standard InChI is InChI=1S/C37H52O4/c1-32(2)28-13-16-37(7)30(35(28,5)15-14-29(32)41-23-24-11-9-8-10-12-24)27(38)21-25-26-22-34(4,31(39)40)18-17-33(26,3)19-20-36(25,37)6/h8-12,21,26,28-30H,13-20,22-23H2,1-7H3,(H,39,40)/t26-,28?,29-,30+,33+,34-,35-,36+,37+/m0/s1. The Hall–Kier alpha value is -1.94. The number of ether oxygens (including phenoxy) is 1. The minimum Gasteiger partial charge on any atom is -0.481 e. The zero-order valence-electron chi connectivity index (χ0n) is 26.5. The average molecular weight is 561 g/mol. The van der Waals surface area contributed by atoms with Gasteiger partial charge in [-0.15, -0.1) is 0 Å². The third-order valence-electron chi connectivity index (χ3n) is 14.3. The first-order chi connectivity index (χ1) is 19.1. The first-order valence-corrected chi connectivity index (χ1v) is 16.3. The third-order valence-corrected chi connectivity index (χ3v) is 14.3. The van der Waals surface area contributed by atoms with E-state index in [0.29, 0.717) is 24.7 Å². The molecule has 0 heterocycles. The number of ketones is 1. The monoisotopic (exact) mass is 560 g/mol. The van der Waals surface area contributed by atoms with Gasteiger partial charge >= 0.3 is 5.97 Å². The highest BCUT2D eigenvalue weighted by atomic mass is 16.5. The van der Waals surface area contributed by atoms with Gasteiger partial charge in [0, 0.05) is 5.92 Å². The number of hydrogen-bond acceptors (Lipinski definition) is 3. The third kappa shape index (κ3) is 4.01. The van der Waals surface area contributed by atoms with Crippen molar-refractivity contribution in [1.82, 2.24) is 0 Å². The Morgan fingerprint density at radius 2 is 1.59 bits per heavy atom. The number of carboxylic acids is 1. The molecule has 6 rings (SSSR count). The van der Waals surface area contributed by atoms with Crippen molar-refractivity contribution in [3.8, 4) is 0 Å². The summed E-state index contributed by atoms with van der Waals surface area (Å²) >= 11 is 0. The maximum atomic E-state index is 14.5. The molecule has 0 bridgehead atoms. The molecule has 5 aliphatic carbocycles. The van der Waals surface area contributed by atoms with Gasteiger partial charge in [0.25, 0.3) is 0 Å². The molecule has 5 aliphatic rings. The number of hydrogen-bond donors (Lipinski definition) is 1. The number of allylic oxidation sites excluding steroid dienone is 2. The molecule has 4 nitrogen and oxygen atoms in total.